The van der Waals surface area contributed by atoms with Crippen molar-refractivity contribution in [3.05, 3.63) is 71.4 Å². The minimum Gasteiger partial charge on any atom is -0.457 e. The Balaban J connectivity index is 1.15. The number of rotatable bonds is 6. The average Bonchev–Trinajstić information content (AvgIpc) is 3.49. The van der Waals surface area contributed by atoms with Crippen LogP contribution in [0.3, 0.4) is 0 Å². The number of amides is 1. The van der Waals surface area contributed by atoms with Gasteiger partial charge < -0.3 is 9.64 Å². The maximum atomic E-state index is 12.9. The first-order valence-corrected chi connectivity index (χ1v) is 13.6. The lowest BCUT2D eigenvalue weighted by Gasteiger charge is -2.21. The van der Waals surface area contributed by atoms with E-state index < -0.39 is 10.0 Å². The van der Waals surface area contributed by atoms with E-state index in [1.807, 2.05) is 24.3 Å². The summed E-state index contributed by atoms with van der Waals surface area (Å²) >= 11 is 5.95. The summed E-state index contributed by atoms with van der Waals surface area (Å²) in [6, 6.07) is 16.6. The zero-order valence-electron chi connectivity index (χ0n) is 19.2. The van der Waals surface area contributed by atoms with Crippen LogP contribution in [-0.4, -0.2) is 66.5 Å². The van der Waals surface area contributed by atoms with Gasteiger partial charge in [-0.2, -0.15) is 4.68 Å². The van der Waals surface area contributed by atoms with E-state index in [9.17, 15) is 13.2 Å². The molecule has 2 unspecified atom stereocenters. The summed E-state index contributed by atoms with van der Waals surface area (Å²) in [4.78, 5) is 17.1. The van der Waals surface area contributed by atoms with Crippen molar-refractivity contribution in [2.45, 2.75) is 6.54 Å². The fraction of sp³-hybridized carbons (Fsp3) is 0.333. The molecule has 11 heteroatoms. The van der Waals surface area contributed by atoms with Gasteiger partial charge in [0.2, 0.25) is 10.0 Å². The van der Waals surface area contributed by atoms with Crippen molar-refractivity contribution < 1.29 is 17.9 Å². The van der Waals surface area contributed by atoms with Crippen LogP contribution in [0.25, 0.3) is 0 Å². The molecule has 2 aromatic carbocycles. The molecule has 2 atom stereocenters. The topological polar surface area (TPSA) is 96.8 Å². The Labute approximate surface area is 209 Å². The zero-order chi connectivity index (χ0) is 24.6. The summed E-state index contributed by atoms with van der Waals surface area (Å²) in [7, 11) is -3.44. The zero-order valence-corrected chi connectivity index (χ0v) is 20.7. The Morgan fingerprint density at radius 3 is 2.46 bits per heavy atom. The molecule has 3 heterocycles. The fourth-order valence-electron chi connectivity index (χ4n) is 4.80. The largest absolute Gasteiger partial charge is 0.457 e. The van der Waals surface area contributed by atoms with Gasteiger partial charge in [-0.3, -0.25) is 9.62 Å². The molecule has 0 saturated carbocycles. The third-order valence-electron chi connectivity index (χ3n) is 6.26. The predicted octanol–water partition coefficient (Wildman–Crippen LogP) is 3.73. The molecule has 2 aliphatic heterocycles. The SMILES string of the molecule is CS(=O)(=O)Nc1ccn(C(=O)N2CC3CN(Cc4cccc(Oc5ccc(Cl)cc5)c4)CC3C2)n1. The van der Waals surface area contributed by atoms with Gasteiger partial charge in [0.25, 0.3) is 0 Å². The van der Waals surface area contributed by atoms with Crippen LogP contribution in [0.15, 0.2) is 60.8 Å². The van der Waals surface area contributed by atoms with Gasteiger partial charge >= 0.3 is 6.03 Å². The van der Waals surface area contributed by atoms with Gasteiger partial charge in [-0.05, 0) is 53.8 Å². The summed E-state index contributed by atoms with van der Waals surface area (Å²) in [6.45, 7) is 3.97. The van der Waals surface area contributed by atoms with E-state index in [1.54, 1.807) is 17.0 Å². The van der Waals surface area contributed by atoms with Crippen molar-refractivity contribution in [3.8, 4) is 11.5 Å². The van der Waals surface area contributed by atoms with Crippen molar-refractivity contribution in [3.63, 3.8) is 0 Å². The Bertz CT molecular complexity index is 1310. The molecule has 9 nitrogen and oxygen atoms in total. The van der Waals surface area contributed by atoms with E-state index in [0.29, 0.717) is 29.9 Å². The lowest BCUT2D eigenvalue weighted by Crippen LogP contribution is -2.36. The minimum atomic E-state index is -3.44. The number of benzene rings is 2. The van der Waals surface area contributed by atoms with E-state index in [1.165, 1.54) is 22.5 Å². The third-order valence-corrected chi connectivity index (χ3v) is 7.09. The number of hydrogen-bond donors (Lipinski definition) is 1. The number of halogens is 1. The standard InChI is InChI=1S/C24H26ClN5O4S/c1-35(32,33)27-23-9-10-30(26-23)24(31)29-15-18-13-28(14-19(18)16-29)12-17-3-2-4-22(11-17)34-21-7-5-20(25)6-8-21/h2-11,18-19H,12-16H2,1H3,(H,26,27). The van der Waals surface area contributed by atoms with E-state index in [4.69, 9.17) is 16.3 Å². The molecular formula is C24H26ClN5O4S. The normalized spacial score (nSPS) is 20.1. The molecule has 2 aliphatic rings. The van der Waals surface area contributed by atoms with E-state index >= 15 is 0 Å². The number of sulfonamides is 1. The Morgan fingerprint density at radius 2 is 1.77 bits per heavy atom. The molecule has 0 radical (unpaired) electrons. The summed E-state index contributed by atoms with van der Waals surface area (Å²) in [5.41, 5.74) is 1.17. The van der Waals surface area contributed by atoms with Crippen LogP contribution in [0.4, 0.5) is 10.6 Å². The second-order valence-corrected chi connectivity index (χ2v) is 11.3. The van der Waals surface area contributed by atoms with Crippen LogP contribution in [0.5, 0.6) is 11.5 Å². The monoisotopic (exact) mass is 515 g/mol. The number of aromatic nitrogens is 2. The Morgan fingerprint density at radius 1 is 1.06 bits per heavy atom. The molecule has 2 saturated heterocycles. The van der Waals surface area contributed by atoms with Crippen molar-refractivity contribution in [2.24, 2.45) is 11.8 Å². The molecule has 1 amide bonds. The highest BCUT2D eigenvalue weighted by molar-refractivity contribution is 7.92. The number of ether oxygens (including phenoxy) is 1. The number of likely N-dealkylation sites (tertiary alicyclic amines) is 2. The third kappa shape index (κ3) is 5.77. The Hall–Kier alpha value is -3.08. The number of nitrogens with zero attached hydrogens (tertiary/aromatic N) is 4. The number of anilines is 1. The fourth-order valence-corrected chi connectivity index (χ4v) is 5.41. The number of hydrogen-bond acceptors (Lipinski definition) is 6. The minimum absolute atomic E-state index is 0.133. The molecule has 2 fully saturated rings. The number of fused-ring (bicyclic) bond motifs is 1. The summed E-state index contributed by atoms with van der Waals surface area (Å²) in [5, 5.41) is 4.72. The quantitative estimate of drug-likeness (QED) is 0.537. The van der Waals surface area contributed by atoms with Crippen LogP contribution in [0.2, 0.25) is 5.02 Å². The van der Waals surface area contributed by atoms with Gasteiger partial charge in [0, 0.05) is 50.0 Å². The van der Waals surface area contributed by atoms with Crippen LogP contribution in [0.1, 0.15) is 5.56 Å². The van der Waals surface area contributed by atoms with Crippen LogP contribution < -0.4 is 9.46 Å². The number of carbonyl (C=O) groups is 1. The number of carbonyl (C=O) groups excluding carboxylic acids is 1. The Kier molecular flexibility index (Phi) is 6.43. The molecule has 0 spiro atoms. The average molecular weight is 516 g/mol. The molecule has 0 aliphatic carbocycles. The van der Waals surface area contributed by atoms with E-state index in [-0.39, 0.29) is 11.8 Å². The van der Waals surface area contributed by atoms with Gasteiger partial charge in [0.05, 0.1) is 6.26 Å². The van der Waals surface area contributed by atoms with E-state index in [2.05, 4.69) is 26.9 Å². The van der Waals surface area contributed by atoms with Crippen molar-refractivity contribution in [1.82, 2.24) is 19.6 Å². The van der Waals surface area contributed by atoms with Crippen molar-refractivity contribution in [1.29, 1.82) is 0 Å². The second-order valence-electron chi connectivity index (χ2n) is 9.12. The van der Waals surface area contributed by atoms with Crippen LogP contribution in [0, 0.1) is 11.8 Å². The van der Waals surface area contributed by atoms with Crippen LogP contribution >= 0.6 is 11.6 Å². The first-order valence-electron chi connectivity index (χ1n) is 11.3. The molecule has 3 aromatic rings. The maximum Gasteiger partial charge on any atom is 0.344 e. The van der Waals surface area contributed by atoms with Gasteiger partial charge in [-0.1, -0.05) is 23.7 Å². The van der Waals surface area contributed by atoms with Crippen molar-refractivity contribution in [2.75, 3.05) is 37.2 Å². The molecule has 0 bridgehead atoms. The van der Waals surface area contributed by atoms with E-state index in [0.717, 1.165) is 37.4 Å². The van der Waals surface area contributed by atoms with Gasteiger partial charge in [-0.15, -0.1) is 5.10 Å². The smallest absolute Gasteiger partial charge is 0.344 e. The number of nitrogens with one attached hydrogen (secondary N) is 1. The summed E-state index contributed by atoms with van der Waals surface area (Å²) in [6.07, 6.45) is 2.53. The maximum absolute atomic E-state index is 12.9. The molecule has 1 aromatic heterocycles. The highest BCUT2D eigenvalue weighted by Crippen LogP contribution is 2.33. The summed E-state index contributed by atoms with van der Waals surface area (Å²) < 4.78 is 32.2. The first kappa shape index (κ1) is 23.7. The predicted molar refractivity (Wildman–Crippen MR) is 133 cm³/mol. The lowest BCUT2D eigenvalue weighted by molar-refractivity contribution is 0.197. The van der Waals surface area contributed by atoms with Gasteiger partial charge in [0.1, 0.15) is 11.5 Å². The molecule has 35 heavy (non-hydrogen) atoms. The second kappa shape index (κ2) is 9.52. The van der Waals surface area contributed by atoms with Gasteiger partial charge in [-0.25, -0.2) is 13.2 Å². The highest BCUT2D eigenvalue weighted by Gasteiger charge is 2.42. The lowest BCUT2D eigenvalue weighted by atomic mass is 10.0. The first-order chi connectivity index (χ1) is 16.7. The summed E-state index contributed by atoms with van der Waals surface area (Å²) in [5.74, 6) is 2.45. The molecule has 5 rings (SSSR count). The van der Waals surface area contributed by atoms with Crippen molar-refractivity contribution >= 4 is 33.5 Å². The highest BCUT2D eigenvalue weighted by atomic mass is 35.5. The van der Waals surface area contributed by atoms with Gasteiger partial charge in [0.15, 0.2) is 5.82 Å². The molecule has 1 N–H and O–H groups in total. The molecule has 184 valence electrons. The van der Waals surface area contributed by atoms with Crippen LogP contribution in [-0.2, 0) is 16.6 Å². The molecular weight excluding hydrogens is 490 g/mol.